The molecule has 2 aromatic carbocycles. The van der Waals surface area contributed by atoms with E-state index in [2.05, 4.69) is 97.2 Å². The van der Waals surface area contributed by atoms with E-state index in [4.69, 9.17) is 0 Å². The first-order valence-corrected chi connectivity index (χ1v) is 12.3. The summed E-state index contributed by atoms with van der Waals surface area (Å²) in [5.74, 6) is 0. The Hall–Kier alpha value is -0.829. The molecule has 0 fully saturated rings. The van der Waals surface area contributed by atoms with Gasteiger partial charge in [-0.25, -0.2) is 0 Å². The van der Waals surface area contributed by atoms with E-state index in [1.54, 1.807) is 0 Å². The predicted molar refractivity (Wildman–Crippen MR) is 98.2 cm³/mol. The van der Waals surface area contributed by atoms with Crippen LogP contribution in [0.2, 0.25) is 19.6 Å². The molecule has 0 aliphatic rings. The van der Waals surface area contributed by atoms with Crippen LogP contribution in [0.15, 0.2) is 73.3 Å². The van der Waals surface area contributed by atoms with Crippen LogP contribution in [0.4, 0.5) is 0 Å². The molecule has 0 saturated carbocycles. The molecule has 0 aliphatic carbocycles. The summed E-state index contributed by atoms with van der Waals surface area (Å²) in [5.41, 5.74) is 0. The molecule has 0 unspecified atom stereocenters. The van der Waals surface area contributed by atoms with Crippen molar-refractivity contribution in [3.63, 3.8) is 0 Å². The van der Waals surface area contributed by atoms with Crippen molar-refractivity contribution in [3.8, 4) is 0 Å². The van der Waals surface area contributed by atoms with Crippen LogP contribution in [-0.4, -0.2) is 28.0 Å². The molecule has 2 rings (SSSR count). The maximum Gasteiger partial charge on any atom is 1.00 e. The second-order valence-electron chi connectivity index (χ2n) is 6.15. The molecule has 0 aromatic heterocycles. The molecule has 0 saturated heterocycles. The van der Waals surface area contributed by atoms with Gasteiger partial charge in [0.25, 0.3) is 0 Å². The van der Waals surface area contributed by atoms with Crippen molar-refractivity contribution < 1.29 is 18.9 Å². The van der Waals surface area contributed by atoms with Crippen LogP contribution in [-0.2, 0) is 0 Å². The SMILES string of the molecule is C=CCN([Si-](c1ccccc1)c1ccccc1)[Si](C)(C)C.[Li+]. The smallest absolute Gasteiger partial charge is 0.470 e. The second kappa shape index (κ2) is 8.71. The number of benzene rings is 2. The van der Waals surface area contributed by atoms with Crippen LogP contribution in [0.3, 0.4) is 0 Å². The van der Waals surface area contributed by atoms with Crippen LogP contribution < -0.4 is 29.2 Å². The number of nitrogens with zero attached hydrogens (tertiary/aromatic N) is 1. The van der Waals surface area contributed by atoms with Gasteiger partial charge < -0.3 is 4.23 Å². The van der Waals surface area contributed by atoms with Crippen molar-refractivity contribution >= 4 is 27.6 Å². The monoisotopic (exact) mass is 317 g/mol. The van der Waals surface area contributed by atoms with Gasteiger partial charge >= 0.3 is 18.9 Å². The van der Waals surface area contributed by atoms with Gasteiger partial charge in [-0.2, -0.15) is 19.3 Å². The van der Waals surface area contributed by atoms with Gasteiger partial charge in [-0.05, 0) is 6.54 Å². The molecule has 1 nitrogen and oxygen atoms in total. The van der Waals surface area contributed by atoms with Crippen molar-refractivity contribution in [1.29, 1.82) is 0 Å². The van der Waals surface area contributed by atoms with Crippen LogP contribution in [0.1, 0.15) is 0 Å². The Morgan fingerprint density at radius 1 is 0.909 bits per heavy atom. The quantitative estimate of drug-likeness (QED) is 0.540. The molecule has 0 atom stereocenters. The molecule has 0 amide bonds. The summed E-state index contributed by atoms with van der Waals surface area (Å²) in [5, 5.41) is 2.91. The zero-order valence-corrected chi connectivity index (χ0v) is 16.2. The summed E-state index contributed by atoms with van der Waals surface area (Å²) >= 11 is 0. The molecule has 0 aliphatic heterocycles. The molecule has 0 N–H and O–H groups in total. The third kappa shape index (κ3) is 4.84. The van der Waals surface area contributed by atoms with Gasteiger partial charge in [0, 0.05) is 0 Å². The Morgan fingerprint density at radius 3 is 1.64 bits per heavy atom. The minimum Gasteiger partial charge on any atom is -0.470 e. The first kappa shape index (κ1) is 19.2. The number of rotatable bonds is 6. The maximum absolute atomic E-state index is 3.98. The Morgan fingerprint density at radius 2 is 1.32 bits per heavy atom. The minimum atomic E-state index is -1.43. The van der Waals surface area contributed by atoms with Crippen molar-refractivity contribution in [2.45, 2.75) is 19.6 Å². The van der Waals surface area contributed by atoms with Gasteiger partial charge in [0.1, 0.15) is 0 Å². The fourth-order valence-electron chi connectivity index (χ4n) is 2.50. The molecule has 22 heavy (non-hydrogen) atoms. The van der Waals surface area contributed by atoms with Gasteiger partial charge in [-0.3, -0.25) is 0 Å². The summed E-state index contributed by atoms with van der Waals surface area (Å²) in [7, 11) is -2.36. The summed E-state index contributed by atoms with van der Waals surface area (Å²) in [6.07, 6.45) is 2.05. The molecule has 0 bridgehead atoms. The second-order valence-corrected chi connectivity index (χ2v) is 13.9. The van der Waals surface area contributed by atoms with E-state index in [9.17, 15) is 0 Å². The van der Waals surface area contributed by atoms with Crippen LogP contribution in [0.25, 0.3) is 0 Å². The van der Waals surface area contributed by atoms with E-state index in [0.717, 1.165) is 6.54 Å². The molecule has 4 heteroatoms. The van der Waals surface area contributed by atoms with E-state index in [0.29, 0.717) is 0 Å². The molecule has 0 radical (unpaired) electrons. The molecular weight excluding hydrogens is 293 g/mol. The molecule has 2 aromatic rings. The zero-order valence-electron chi connectivity index (χ0n) is 14.2. The number of hydrogen-bond acceptors (Lipinski definition) is 1. The first-order chi connectivity index (χ1) is 10.0. The van der Waals surface area contributed by atoms with Crippen molar-refractivity contribution in [1.82, 2.24) is 4.23 Å². The van der Waals surface area contributed by atoms with Crippen molar-refractivity contribution in [2.75, 3.05) is 6.54 Å². The van der Waals surface area contributed by atoms with Gasteiger partial charge in [0.05, 0.1) is 8.24 Å². The summed E-state index contributed by atoms with van der Waals surface area (Å²) < 4.78 is 2.73. The standard InChI is InChI=1S/C18H24NSi2.Li/c1-5-16-19(21(2,3)4)20(17-12-8-6-9-13-17)18-14-10-7-11-15-18;/h5-15H,1,16H2,2-4H3;/q-1;+1. The van der Waals surface area contributed by atoms with Crippen molar-refractivity contribution in [2.24, 2.45) is 0 Å². The van der Waals surface area contributed by atoms with Crippen molar-refractivity contribution in [3.05, 3.63) is 73.3 Å². The summed E-state index contributed by atoms with van der Waals surface area (Å²) in [4.78, 5) is 0. The predicted octanol–water partition coefficient (Wildman–Crippen LogP) is 0.119. The Bertz CT molecular complexity index is 527. The molecule has 0 spiro atoms. The molecule has 0 heterocycles. The summed E-state index contributed by atoms with van der Waals surface area (Å²) in [6.45, 7) is 12.2. The van der Waals surface area contributed by atoms with E-state index in [1.807, 2.05) is 0 Å². The van der Waals surface area contributed by atoms with Gasteiger partial charge in [-0.15, -0.1) is 6.58 Å². The average molecular weight is 318 g/mol. The van der Waals surface area contributed by atoms with E-state index in [-0.39, 0.29) is 18.9 Å². The zero-order chi connectivity index (χ0) is 15.3. The third-order valence-corrected chi connectivity index (χ3v) is 10.5. The van der Waals surface area contributed by atoms with Gasteiger partial charge in [0.2, 0.25) is 0 Å². The number of hydrogen-bond donors (Lipinski definition) is 0. The fourth-order valence-corrected chi connectivity index (χ4v) is 8.92. The maximum atomic E-state index is 3.98. The van der Waals surface area contributed by atoms with Crippen LogP contribution in [0, 0.1) is 0 Å². The topological polar surface area (TPSA) is 3.24 Å². The van der Waals surface area contributed by atoms with Crippen LogP contribution >= 0.6 is 0 Å². The molecular formula is C18H24LiNSi2. The Kier molecular flexibility index (Phi) is 7.61. The van der Waals surface area contributed by atoms with Crippen LogP contribution in [0.5, 0.6) is 0 Å². The largest absolute Gasteiger partial charge is 1.00 e. The van der Waals surface area contributed by atoms with E-state index < -0.39 is 17.2 Å². The summed E-state index contributed by atoms with van der Waals surface area (Å²) in [6, 6.07) is 21.9. The fraction of sp³-hybridized carbons (Fsp3) is 0.222. The van der Waals surface area contributed by atoms with E-state index in [1.165, 1.54) is 10.4 Å². The minimum absolute atomic E-state index is 0. The molecule has 110 valence electrons. The average Bonchev–Trinajstić information content (AvgIpc) is 2.48. The third-order valence-electron chi connectivity index (χ3n) is 3.49. The van der Waals surface area contributed by atoms with E-state index >= 15 is 0 Å². The first-order valence-electron chi connectivity index (χ1n) is 7.40. The normalized spacial score (nSPS) is 10.9. The Labute approximate surface area is 150 Å². The van der Waals surface area contributed by atoms with Gasteiger partial charge in [0.15, 0.2) is 0 Å². The Balaban J connectivity index is 0.00000242. The van der Waals surface area contributed by atoms with Gasteiger partial charge in [-0.1, -0.05) is 86.4 Å².